The van der Waals surface area contributed by atoms with E-state index in [4.69, 9.17) is 4.74 Å². The molecule has 1 saturated heterocycles. The van der Waals surface area contributed by atoms with Gasteiger partial charge in [-0.05, 0) is 43.7 Å². The number of ether oxygens (including phenoxy) is 1. The summed E-state index contributed by atoms with van der Waals surface area (Å²) in [6, 6.07) is 2.01. The lowest BCUT2D eigenvalue weighted by atomic mass is 10.1. The molecular formula is C15H22N2O3. The van der Waals surface area contributed by atoms with E-state index in [1.165, 1.54) is 5.56 Å². The van der Waals surface area contributed by atoms with Crippen molar-refractivity contribution in [1.29, 1.82) is 0 Å². The number of H-pyrrole nitrogens is 1. The van der Waals surface area contributed by atoms with E-state index in [9.17, 15) is 9.90 Å². The highest BCUT2D eigenvalue weighted by atomic mass is 16.5. The first-order valence-corrected chi connectivity index (χ1v) is 7.48. The highest BCUT2D eigenvalue weighted by Gasteiger charge is 2.23. The number of aryl methyl sites for hydroxylation is 2. The van der Waals surface area contributed by atoms with E-state index < -0.39 is 6.10 Å². The number of hydrogen-bond donors (Lipinski definition) is 3. The molecule has 1 aromatic heterocycles. The van der Waals surface area contributed by atoms with Crippen LogP contribution in [0.5, 0.6) is 0 Å². The molecule has 2 heterocycles. The zero-order valence-corrected chi connectivity index (χ0v) is 11.7. The number of aromatic amines is 1. The lowest BCUT2D eigenvalue weighted by Crippen LogP contribution is -2.36. The van der Waals surface area contributed by atoms with Gasteiger partial charge in [-0.3, -0.25) is 4.79 Å². The maximum atomic E-state index is 11.9. The van der Waals surface area contributed by atoms with Crippen LogP contribution >= 0.6 is 0 Å². The summed E-state index contributed by atoms with van der Waals surface area (Å²) in [6.45, 7) is 1.69. The van der Waals surface area contributed by atoms with Crippen molar-refractivity contribution in [3.05, 3.63) is 33.2 Å². The van der Waals surface area contributed by atoms with E-state index in [-0.39, 0.29) is 11.7 Å². The molecule has 5 heteroatoms. The Morgan fingerprint density at radius 1 is 1.45 bits per heavy atom. The zero-order chi connectivity index (χ0) is 13.9. The van der Waals surface area contributed by atoms with Gasteiger partial charge in [-0.1, -0.05) is 0 Å². The first-order chi connectivity index (χ1) is 9.74. The van der Waals surface area contributed by atoms with Gasteiger partial charge in [0.15, 0.2) is 0 Å². The summed E-state index contributed by atoms with van der Waals surface area (Å²) < 4.78 is 5.44. The van der Waals surface area contributed by atoms with Crippen LogP contribution in [0.3, 0.4) is 0 Å². The van der Waals surface area contributed by atoms with Crippen LogP contribution in [0.15, 0.2) is 10.9 Å². The van der Waals surface area contributed by atoms with Gasteiger partial charge in [0, 0.05) is 31.0 Å². The number of aliphatic hydroxyl groups excluding tert-OH is 1. The zero-order valence-electron chi connectivity index (χ0n) is 11.7. The highest BCUT2D eigenvalue weighted by molar-refractivity contribution is 5.29. The Balaban J connectivity index is 1.54. The Bertz CT molecular complexity index is 520. The molecule has 1 aliphatic heterocycles. The Morgan fingerprint density at radius 3 is 3.15 bits per heavy atom. The van der Waals surface area contributed by atoms with E-state index in [0.717, 1.165) is 50.0 Å². The van der Waals surface area contributed by atoms with Gasteiger partial charge in [0.05, 0.1) is 12.2 Å². The standard InChI is InChI=1S/C15H22N2O3/c18-13(14-5-2-6-20-14)9-16-8-11-7-10-3-1-4-12(10)17-15(11)19/h7,13-14,16,18H,1-6,8-9H2,(H,17,19). The number of hydrogen-bond acceptors (Lipinski definition) is 4. The van der Waals surface area contributed by atoms with Crippen LogP contribution in [-0.4, -0.2) is 35.5 Å². The van der Waals surface area contributed by atoms with Crippen LogP contribution in [0.2, 0.25) is 0 Å². The molecule has 1 fully saturated rings. The van der Waals surface area contributed by atoms with Gasteiger partial charge in [0.1, 0.15) is 0 Å². The lowest BCUT2D eigenvalue weighted by Gasteiger charge is -2.17. The average Bonchev–Trinajstić information content (AvgIpc) is 3.08. The minimum Gasteiger partial charge on any atom is -0.389 e. The lowest BCUT2D eigenvalue weighted by molar-refractivity contribution is -0.000607. The molecule has 0 spiro atoms. The highest BCUT2D eigenvalue weighted by Crippen LogP contribution is 2.19. The molecule has 3 rings (SSSR count). The molecule has 5 nitrogen and oxygen atoms in total. The summed E-state index contributed by atoms with van der Waals surface area (Å²) in [5, 5.41) is 13.1. The van der Waals surface area contributed by atoms with Crippen molar-refractivity contribution in [1.82, 2.24) is 10.3 Å². The molecule has 1 aliphatic carbocycles. The monoisotopic (exact) mass is 278 g/mol. The fourth-order valence-corrected chi connectivity index (χ4v) is 3.09. The van der Waals surface area contributed by atoms with Gasteiger partial charge in [0.2, 0.25) is 0 Å². The van der Waals surface area contributed by atoms with Gasteiger partial charge < -0.3 is 20.1 Å². The first-order valence-electron chi connectivity index (χ1n) is 7.48. The largest absolute Gasteiger partial charge is 0.389 e. The van der Waals surface area contributed by atoms with Gasteiger partial charge >= 0.3 is 0 Å². The van der Waals surface area contributed by atoms with Crippen LogP contribution in [0.4, 0.5) is 0 Å². The van der Waals surface area contributed by atoms with Crippen molar-refractivity contribution < 1.29 is 9.84 Å². The fraction of sp³-hybridized carbons (Fsp3) is 0.667. The van der Waals surface area contributed by atoms with E-state index in [1.807, 2.05) is 6.07 Å². The summed E-state index contributed by atoms with van der Waals surface area (Å²) in [5.41, 5.74) is 3.11. The summed E-state index contributed by atoms with van der Waals surface area (Å²) in [4.78, 5) is 14.9. The predicted octanol–water partition coefficient (Wildman–Crippen LogP) is 0.493. The van der Waals surface area contributed by atoms with E-state index in [2.05, 4.69) is 10.3 Å². The quantitative estimate of drug-likeness (QED) is 0.733. The fourth-order valence-electron chi connectivity index (χ4n) is 3.09. The smallest absolute Gasteiger partial charge is 0.252 e. The van der Waals surface area contributed by atoms with Gasteiger partial charge in [-0.15, -0.1) is 0 Å². The van der Waals surface area contributed by atoms with Crippen LogP contribution in [0.25, 0.3) is 0 Å². The minimum atomic E-state index is -0.494. The van der Waals surface area contributed by atoms with Crippen molar-refractivity contribution in [3.8, 4) is 0 Å². The third-order valence-electron chi connectivity index (χ3n) is 4.23. The second-order valence-corrected chi connectivity index (χ2v) is 5.73. The normalized spacial score (nSPS) is 22.9. The summed E-state index contributed by atoms with van der Waals surface area (Å²) in [5.74, 6) is 0. The second-order valence-electron chi connectivity index (χ2n) is 5.73. The number of aliphatic hydroxyl groups is 1. The molecule has 2 atom stereocenters. The van der Waals surface area contributed by atoms with Gasteiger partial charge in [-0.2, -0.15) is 0 Å². The molecule has 3 N–H and O–H groups in total. The van der Waals surface area contributed by atoms with Crippen molar-refractivity contribution >= 4 is 0 Å². The molecule has 2 aliphatic rings. The number of aromatic nitrogens is 1. The maximum Gasteiger partial charge on any atom is 0.252 e. The molecule has 0 bridgehead atoms. The molecule has 2 unspecified atom stereocenters. The molecule has 0 saturated carbocycles. The molecule has 0 radical (unpaired) electrons. The molecule has 0 amide bonds. The predicted molar refractivity (Wildman–Crippen MR) is 75.8 cm³/mol. The molecule has 20 heavy (non-hydrogen) atoms. The van der Waals surface area contributed by atoms with E-state index in [1.54, 1.807) is 0 Å². The van der Waals surface area contributed by atoms with Crippen molar-refractivity contribution in [2.45, 2.75) is 50.9 Å². The molecule has 110 valence electrons. The molecule has 1 aromatic rings. The number of pyridine rings is 1. The van der Waals surface area contributed by atoms with Crippen LogP contribution in [0.1, 0.15) is 36.1 Å². The Kier molecular flexibility index (Phi) is 4.19. The summed E-state index contributed by atoms with van der Waals surface area (Å²) >= 11 is 0. The Morgan fingerprint density at radius 2 is 2.35 bits per heavy atom. The van der Waals surface area contributed by atoms with Crippen molar-refractivity contribution in [3.63, 3.8) is 0 Å². The molecular weight excluding hydrogens is 256 g/mol. The number of nitrogens with one attached hydrogen (secondary N) is 2. The van der Waals surface area contributed by atoms with Crippen LogP contribution < -0.4 is 10.9 Å². The van der Waals surface area contributed by atoms with Crippen molar-refractivity contribution in [2.75, 3.05) is 13.2 Å². The SMILES string of the molecule is O=c1[nH]c2c(cc1CNCC(O)C1CCCO1)CCC2. The van der Waals surface area contributed by atoms with E-state index >= 15 is 0 Å². The number of fused-ring (bicyclic) bond motifs is 1. The Hall–Kier alpha value is -1.17. The van der Waals surface area contributed by atoms with Crippen molar-refractivity contribution in [2.24, 2.45) is 0 Å². The minimum absolute atomic E-state index is 0.00949. The van der Waals surface area contributed by atoms with Gasteiger partial charge in [0.25, 0.3) is 5.56 Å². The third-order valence-corrected chi connectivity index (χ3v) is 4.23. The second kappa shape index (κ2) is 6.08. The summed E-state index contributed by atoms with van der Waals surface area (Å²) in [6.07, 6.45) is 4.55. The van der Waals surface area contributed by atoms with Gasteiger partial charge in [-0.25, -0.2) is 0 Å². The summed E-state index contributed by atoms with van der Waals surface area (Å²) in [7, 11) is 0. The number of rotatable bonds is 5. The topological polar surface area (TPSA) is 74.4 Å². The van der Waals surface area contributed by atoms with Crippen LogP contribution in [-0.2, 0) is 24.1 Å². The average molecular weight is 278 g/mol. The first kappa shape index (κ1) is 13.8. The van der Waals surface area contributed by atoms with E-state index in [0.29, 0.717) is 13.1 Å². The molecule has 0 aromatic carbocycles. The maximum absolute atomic E-state index is 11.9. The van der Waals surface area contributed by atoms with Crippen LogP contribution in [0, 0.1) is 0 Å². The Labute approximate surface area is 118 Å². The third kappa shape index (κ3) is 2.95.